The molecule has 6 nitrogen and oxygen atoms in total. The van der Waals surface area contributed by atoms with Crippen LogP contribution in [0.4, 0.5) is 5.69 Å². The number of para-hydroxylation sites is 2. The lowest BCUT2D eigenvalue weighted by molar-refractivity contribution is -0.137. The number of aromatic nitrogens is 2. The van der Waals surface area contributed by atoms with E-state index >= 15 is 0 Å². The minimum atomic E-state index is 0.0520. The van der Waals surface area contributed by atoms with Crippen molar-refractivity contribution in [3.8, 4) is 5.69 Å². The maximum absolute atomic E-state index is 13.6. The molecule has 4 aromatic rings. The maximum atomic E-state index is 13.6. The van der Waals surface area contributed by atoms with Gasteiger partial charge in [0.1, 0.15) is 5.82 Å². The number of benzene rings is 3. The van der Waals surface area contributed by atoms with Gasteiger partial charge in [0.15, 0.2) is 0 Å². The van der Waals surface area contributed by atoms with Crippen LogP contribution >= 0.6 is 15.9 Å². The third-order valence-electron chi connectivity index (χ3n) is 8.45. The second-order valence-electron chi connectivity index (χ2n) is 11.5. The zero-order chi connectivity index (χ0) is 27.6. The predicted octanol–water partition coefficient (Wildman–Crippen LogP) is 6.47. The summed E-state index contributed by atoms with van der Waals surface area (Å²) in [6, 6.07) is 25.7. The number of likely N-dealkylation sites (tertiary alicyclic amines) is 1. The van der Waals surface area contributed by atoms with Crippen molar-refractivity contribution in [2.24, 2.45) is 5.92 Å². The van der Waals surface area contributed by atoms with Gasteiger partial charge >= 0.3 is 0 Å². The van der Waals surface area contributed by atoms with E-state index in [1.54, 1.807) is 0 Å². The van der Waals surface area contributed by atoms with Crippen molar-refractivity contribution in [3.63, 3.8) is 0 Å². The smallest absolute Gasteiger partial charge is 0.227 e. The van der Waals surface area contributed by atoms with Gasteiger partial charge in [0.05, 0.1) is 23.5 Å². The van der Waals surface area contributed by atoms with Crippen LogP contribution in [0.3, 0.4) is 0 Å². The molecule has 2 fully saturated rings. The molecule has 0 unspecified atom stereocenters. The number of nitrogens with zero attached hydrogens (tertiary/aromatic N) is 5. The van der Waals surface area contributed by atoms with Gasteiger partial charge in [0.25, 0.3) is 0 Å². The number of anilines is 1. The van der Waals surface area contributed by atoms with E-state index in [1.165, 1.54) is 11.3 Å². The second kappa shape index (κ2) is 11.8. The Balaban J connectivity index is 1.11. The number of piperazine rings is 1. The lowest BCUT2D eigenvalue weighted by atomic mass is 9.96. The van der Waals surface area contributed by atoms with Crippen LogP contribution in [0.15, 0.2) is 77.3 Å². The molecule has 0 bridgehead atoms. The molecular weight excluding hydrogens is 562 g/mol. The first kappa shape index (κ1) is 27.0. The van der Waals surface area contributed by atoms with Gasteiger partial charge in [-0.15, -0.1) is 0 Å². The standard InChI is InChI=1S/C33H38BrN5O/c1-24(2)25-9-13-28(14-10-25)37-18-20-38(21-19-37)33(40)26-6-5-17-36(22-26)23-32-35-30-7-3-4-8-31(30)39(32)29-15-11-27(34)12-16-29/h3-4,7-16,24,26H,5-6,17-23H2,1-2H3/t26-/m1/s1. The van der Waals surface area contributed by atoms with Gasteiger partial charge in [-0.3, -0.25) is 14.3 Å². The van der Waals surface area contributed by atoms with Crippen molar-refractivity contribution in [3.05, 3.63) is 88.7 Å². The summed E-state index contributed by atoms with van der Waals surface area (Å²) >= 11 is 3.56. The molecule has 0 N–H and O–H groups in total. The van der Waals surface area contributed by atoms with E-state index in [9.17, 15) is 4.79 Å². The first-order valence-corrected chi connectivity index (χ1v) is 15.3. The third-order valence-corrected chi connectivity index (χ3v) is 8.98. The fraction of sp³-hybridized carbons (Fsp3) is 0.394. The molecule has 2 aliphatic heterocycles. The molecule has 1 atom stereocenters. The highest BCUT2D eigenvalue weighted by molar-refractivity contribution is 9.10. The van der Waals surface area contributed by atoms with Crippen molar-refractivity contribution >= 4 is 38.6 Å². The highest BCUT2D eigenvalue weighted by Crippen LogP contribution is 2.27. The quantitative estimate of drug-likeness (QED) is 0.255. The zero-order valence-corrected chi connectivity index (χ0v) is 25.1. The Kier molecular flexibility index (Phi) is 7.94. The van der Waals surface area contributed by atoms with Crippen LogP contribution in [0.25, 0.3) is 16.7 Å². The molecule has 6 rings (SSSR count). The van der Waals surface area contributed by atoms with Crippen molar-refractivity contribution in [2.45, 2.75) is 39.2 Å². The monoisotopic (exact) mass is 599 g/mol. The molecule has 3 heterocycles. The summed E-state index contributed by atoms with van der Waals surface area (Å²) in [6.45, 7) is 10.3. The number of carbonyl (C=O) groups is 1. The Morgan fingerprint density at radius 3 is 2.33 bits per heavy atom. The zero-order valence-electron chi connectivity index (χ0n) is 23.5. The van der Waals surface area contributed by atoms with Gasteiger partial charge in [-0.25, -0.2) is 4.98 Å². The fourth-order valence-corrected chi connectivity index (χ4v) is 6.44. The molecular formula is C33H38BrN5O. The molecule has 40 heavy (non-hydrogen) atoms. The van der Waals surface area contributed by atoms with Crippen molar-refractivity contribution in [1.82, 2.24) is 19.4 Å². The third kappa shape index (κ3) is 5.68. The summed E-state index contributed by atoms with van der Waals surface area (Å²) in [5.74, 6) is 1.93. The molecule has 1 aromatic heterocycles. The van der Waals surface area contributed by atoms with Gasteiger partial charge in [-0.1, -0.05) is 54.0 Å². The Morgan fingerprint density at radius 1 is 0.900 bits per heavy atom. The van der Waals surface area contributed by atoms with E-state index in [2.05, 4.69) is 116 Å². The van der Waals surface area contributed by atoms with E-state index in [0.29, 0.717) is 11.8 Å². The molecule has 0 radical (unpaired) electrons. The molecule has 3 aromatic carbocycles. The van der Waals surface area contributed by atoms with Crippen LogP contribution in [-0.4, -0.2) is 64.5 Å². The summed E-state index contributed by atoms with van der Waals surface area (Å²) in [5, 5.41) is 0. The fourth-order valence-electron chi connectivity index (χ4n) is 6.17. The molecule has 0 aliphatic carbocycles. The average Bonchev–Trinajstić information content (AvgIpc) is 3.35. The molecule has 0 spiro atoms. The van der Waals surface area contributed by atoms with Crippen molar-refractivity contribution in [1.29, 1.82) is 0 Å². The topological polar surface area (TPSA) is 44.6 Å². The highest BCUT2D eigenvalue weighted by atomic mass is 79.9. The van der Waals surface area contributed by atoms with Crippen LogP contribution in [-0.2, 0) is 11.3 Å². The number of halogens is 1. The van der Waals surface area contributed by atoms with E-state index in [4.69, 9.17) is 4.98 Å². The SMILES string of the molecule is CC(C)c1ccc(N2CCN(C(=O)[C@@H]3CCCN(Cc4nc5ccccc5n4-c4ccc(Br)cc4)C3)CC2)cc1. The van der Waals surface area contributed by atoms with E-state index in [1.807, 2.05) is 6.07 Å². The lowest BCUT2D eigenvalue weighted by Crippen LogP contribution is -2.52. The number of rotatable bonds is 6. The van der Waals surface area contributed by atoms with Crippen LogP contribution < -0.4 is 4.90 Å². The average molecular weight is 601 g/mol. The number of hydrogen-bond donors (Lipinski definition) is 0. The number of fused-ring (bicyclic) bond motifs is 1. The van der Waals surface area contributed by atoms with E-state index in [0.717, 1.165) is 85.7 Å². The van der Waals surface area contributed by atoms with Gasteiger partial charge in [0.2, 0.25) is 5.91 Å². The summed E-state index contributed by atoms with van der Waals surface area (Å²) in [6.07, 6.45) is 2.01. The summed E-state index contributed by atoms with van der Waals surface area (Å²) in [5.41, 5.74) is 5.84. The Morgan fingerprint density at radius 2 is 1.60 bits per heavy atom. The summed E-state index contributed by atoms with van der Waals surface area (Å²) < 4.78 is 3.32. The second-order valence-corrected chi connectivity index (χ2v) is 12.4. The van der Waals surface area contributed by atoms with Crippen LogP contribution in [0, 0.1) is 5.92 Å². The van der Waals surface area contributed by atoms with Crippen LogP contribution in [0.5, 0.6) is 0 Å². The lowest BCUT2D eigenvalue weighted by Gasteiger charge is -2.39. The molecule has 1 amide bonds. The Hall–Kier alpha value is -3.16. The predicted molar refractivity (Wildman–Crippen MR) is 166 cm³/mol. The minimum absolute atomic E-state index is 0.0520. The number of hydrogen-bond acceptors (Lipinski definition) is 4. The first-order valence-electron chi connectivity index (χ1n) is 14.5. The number of carbonyl (C=O) groups excluding carboxylic acids is 1. The molecule has 2 saturated heterocycles. The van der Waals surface area contributed by atoms with Gasteiger partial charge in [0, 0.05) is 48.6 Å². The van der Waals surface area contributed by atoms with Crippen LogP contribution in [0.2, 0.25) is 0 Å². The van der Waals surface area contributed by atoms with Gasteiger partial charge < -0.3 is 9.80 Å². The maximum Gasteiger partial charge on any atom is 0.227 e. The number of amides is 1. The highest BCUT2D eigenvalue weighted by Gasteiger charge is 2.32. The Bertz CT molecular complexity index is 1450. The van der Waals surface area contributed by atoms with Crippen molar-refractivity contribution < 1.29 is 4.79 Å². The molecule has 7 heteroatoms. The van der Waals surface area contributed by atoms with Gasteiger partial charge in [-0.2, -0.15) is 0 Å². The Labute approximate surface area is 245 Å². The summed E-state index contributed by atoms with van der Waals surface area (Å²) in [4.78, 5) is 25.6. The normalized spacial score (nSPS) is 18.6. The number of piperidine rings is 1. The molecule has 0 saturated carbocycles. The minimum Gasteiger partial charge on any atom is -0.368 e. The van der Waals surface area contributed by atoms with Crippen LogP contribution in [0.1, 0.15) is 44.0 Å². The molecule has 2 aliphatic rings. The van der Waals surface area contributed by atoms with E-state index < -0.39 is 0 Å². The van der Waals surface area contributed by atoms with Gasteiger partial charge in [-0.05, 0) is 79.4 Å². The molecule has 208 valence electrons. The van der Waals surface area contributed by atoms with Crippen molar-refractivity contribution in [2.75, 3.05) is 44.2 Å². The largest absolute Gasteiger partial charge is 0.368 e. The number of imidazole rings is 1. The van der Waals surface area contributed by atoms with E-state index in [-0.39, 0.29) is 5.92 Å². The summed E-state index contributed by atoms with van der Waals surface area (Å²) in [7, 11) is 0. The first-order chi connectivity index (χ1) is 19.5.